The number of rotatable bonds is 8. The zero-order chi connectivity index (χ0) is 12.5. The van der Waals surface area contributed by atoms with E-state index in [-0.39, 0.29) is 13.2 Å². The van der Waals surface area contributed by atoms with Gasteiger partial charge in [0.15, 0.2) is 0 Å². The van der Waals surface area contributed by atoms with Gasteiger partial charge in [-0.15, -0.1) is 0 Å². The Bertz CT molecular complexity index is 314. The van der Waals surface area contributed by atoms with E-state index in [0.717, 1.165) is 24.3 Å². The smallest absolute Gasteiger partial charge is 0.0606 e. The van der Waals surface area contributed by atoms with E-state index in [1.54, 1.807) is 12.4 Å². The highest BCUT2D eigenvalue weighted by Gasteiger charge is 2.06. The number of aliphatic hydroxyl groups excluding tert-OH is 2. The lowest BCUT2D eigenvalue weighted by Gasteiger charge is -2.23. The van der Waals surface area contributed by atoms with Crippen molar-refractivity contribution in [3.05, 3.63) is 18.5 Å². The van der Waals surface area contributed by atoms with Crippen LogP contribution in [0.1, 0.15) is 13.3 Å². The summed E-state index contributed by atoms with van der Waals surface area (Å²) < 4.78 is 0. The first-order chi connectivity index (χ1) is 8.31. The zero-order valence-electron chi connectivity index (χ0n) is 10.3. The third-order valence-corrected chi connectivity index (χ3v) is 2.41. The molecule has 0 saturated heterocycles. The molecule has 0 bridgehead atoms. The largest absolute Gasteiger partial charge is 0.395 e. The summed E-state index contributed by atoms with van der Waals surface area (Å²) in [6.07, 6.45) is 4.57. The summed E-state index contributed by atoms with van der Waals surface area (Å²) in [6.45, 7) is 4.14. The van der Waals surface area contributed by atoms with Crippen LogP contribution < -0.4 is 10.2 Å². The quantitative estimate of drug-likeness (QED) is 0.623. The summed E-state index contributed by atoms with van der Waals surface area (Å²) in [6, 6.07) is 1.98. The van der Waals surface area contributed by atoms with Crippen LogP contribution in [0.4, 0.5) is 11.4 Å². The Morgan fingerprint density at radius 2 is 1.94 bits per heavy atom. The molecule has 0 saturated carbocycles. The molecule has 3 N–H and O–H groups in total. The van der Waals surface area contributed by atoms with E-state index in [2.05, 4.69) is 17.2 Å². The lowest BCUT2D eigenvalue weighted by atomic mass is 10.3. The monoisotopic (exact) mass is 239 g/mol. The van der Waals surface area contributed by atoms with Crippen LogP contribution in [0.5, 0.6) is 0 Å². The molecule has 1 heterocycles. The van der Waals surface area contributed by atoms with Crippen molar-refractivity contribution in [3.8, 4) is 0 Å². The molecule has 1 aromatic heterocycles. The molecule has 5 nitrogen and oxygen atoms in total. The van der Waals surface area contributed by atoms with Gasteiger partial charge >= 0.3 is 0 Å². The molecule has 0 fully saturated rings. The van der Waals surface area contributed by atoms with Gasteiger partial charge in [-0.3, -0.25) is 4.98 Å². The molecule has 1 aromatic rings. The predicted molar refractivity (Wildman–Crippen MR) is 69.4 cm³/mol. The molecule has 0 aromatic carbocycles. The van der Waals surface area contributed by atoms with Crippen molar-refractivity contribution in [2.75, 3.05) is 43.1 Å². The first kappa shape index (κ1) is 13.7. The summed E-state index contributed by atoms with van der Waals surface area (Å²) in [7, 11) is 0. The standard InChI is InChI=1S/C12H21N3O2/c1-2-3-14-11-8-12(10-13-9-11)15(4-6-16)5-7-17/h8-10,14,16-17H,2-7H2,1H3. The minimum atomic E-state index is 0.0621. The number of aliphatic hydroxyl groups is 2. The number of hydrogen-bond acceptors (Lipinski definition) is 5. The Balaban J connectivity index is 2.72. The summed E-state index contributed by atoms with van der Waals surface area (Å²) in [5, 5.41) is 21.2. The number of aromatic nitrogens is 1. The molecule has 1 rings (SSSR count). The molecule has 17 heavy (non-hydrogen) atoms. The second kappa shape index (κ2) is 7.86. The van der Waals surface area contributed by atoms with Crippen LogP contribution in [0.3, 0.4) is 0 Å². The Morgan fingerprint density at radius 1 is 1.24 bits per heavy atom. The molecule has 0 radical (unpaired) electrons. The molecular weight excluding hydrogens is 218 g/mol. The highest BCUT2D eigenvalue weighted by molar-refractivity contribution is 5.55. The Hall–Kier alpha value is -1.33. The van der Waals surface area contributed by atoms with Crippen LogP contribution in [0, 0.1) is 0 Å². The molecule has 96 valence electrons. The Morgan fingerprint density at radius 3 is 2.53 bits per heavy atom. The summed E-state index contributed by atoms with van der Waals surface area (Å²) in [5.41, 5.74) is 1.87. The van der Waals surface area contributed by atoms with Gasteiger partial charge < -0.3 is 20.4 Å². The molecular formula is C12H21N3O2. The van der Waals surface area contributed by atoms with Crippen molar-refractivity contribution in [2.24, 2.45) is 0 Å². The van der Waals surface area contributed by atoms with Crippen molar-refractivity contribution in [1.82, 2.24) is 4.98 Å². The molecule has 0 aliphatic carbocycles. The summed E-state index contributed by atoms with van der Waals surface area (Å²) >= 11 is 0. The Kier molecular flexibility index (Phi) is 6.35. The van der Waals surface area contributed by atoms with E-state index in [0.29, 0.717) is 13.1 Å². The lowest BCUT2D eigenvalue weighted by molar-refractivity contribution is 0.281. The second-order valence-electron chi connectivity index (χ2n) is 3.79. The SMILES string of the molecule is CCCNc1cncc(N(CCO)CCO)c1. The fourth-order valence-corrected chi connectivity index (χ4v) is 1.58. The molecule has 0 amide bonds. The van der Waals surface area contributed by atoms with Crippen LogP contribution in [0.15, 0.2) is 18.5 Å². The average Bonchev–Trinajstić information content (AvgIpc) is 2.36. The third kappa shape index (κ3) is 4.58. The molecule has 0 spiro atoms. The second-order valence-corrected chi connectivity index (χ2v) is 3.79. The molecule has 0 aliphatic rings. The molecule has 0 atom stereocenters. The third-order valence-electron chi connectivity index (χ3n) is 2.41. The fraction of sp³-hybridized carbons (Fsp3) is 0.583. The van der Waals surface area contributed by atoms with Gasteiger partial charge in [0.2, 0.25) is 0 Å². The van der Waals surface area contributed by atoms with Gasteiger partial charge in [-0.1, -0.05) is 6.92 Å². The minimum Gasteiger partial charge on any atom is -0.395 e. The first-order valence-electron chi connectivity index (χ1n) is 5.97. The van der Waals surface area contributed by atoms with Crippen LogP contribution in [0.2, 0.25) is 0 Å². The van der Waals surface area contributed by atoms with E-state index >= 15 is 0 Å². The number of nitrogens with zero attached hydrogens (tertiary/aromatic N) is 2. The zero-order valence-corrected chi connectivity index (χ0v) is 10.3. The fourth-order valence-electron chi connectivity index (χ4n) is 1.58. The van der Waals surface area contributed by atoms with Crippen molar-refractivity contribution in [1.29, 1.82) is 0 Å². The van der Waals surface area contributed by atoms with Gasteiger partial charge in [0.05, 0.1) is 37.0 Å². The van der Waals surface area contributed by atoms with E-state index < -0.39 is 0 Å². The van der Waals surface area contributed by atoms with E-state index in [1.807, 2.05) is 11.0 Å². The van der Waals surface area contributed by atoms with Crippen molar-refractivity contribution >= 4 is 11.4 Å². The normalized spacial score (nSPS) is 10.3. The van der Waals surface area contributed by atoms with Crippen LogP contribution in [-0.4, -0.2) is 48.0 Å². The maximum absolute atomic E-state index is 8.98. The van der Waals surface area contributed by atoms with Gasteiger partial charge in [-0.2, -0.15) is 0 Å². The highest BCUT2D eigenvalue weighted by atomic mass is 16.3. The van der Waals surface area contributed by atoms with Gasteiger partial charge in [0, 0.05) is 19.6 Å². The molecule has 0 unspecified atom stereocenters. The van der Waals surface area contributed by atoms with Crippen LogP contribution in [0.25, 0.3) is 0 Å². The van der Waals surface area contributed by atoms with Gasteiger partial charge in [0.1, 0.15) is 0 Å². The number of anilines is 2. The van der Waals surface area contributed by atoms with E-state index in [9.17, 15) is 0 Å². The predicted octanol–water partition coefficient (Wildman–Crippen LogP) is 0.694. The van der Waals surface area contributed by atoms with Gasteiger partial charge in [0.25, 0.3) is 0 Å². The molecule has 5 heteroatoms. The van der Waals surface area contributed by atoms with E-state index in [1.165, 1.54) is 0 Å². The van der Waals surface area contributed by atoms with Gasteiger partial charge in [-0.05, 0) is 12.5 Å². The summed E-state index contributed by atoms with van der Waals surface area (Å²) in [4.78, 5) is 6.06. The van der Waals surface area contributed by atoms with Crippen LogP contribution in [-0.2, 0) is 0 Å². The lowest BCUT2D eigenvalue weighted by Crippen LogP contribution is -2.29. The Labute approximate surface area is 102 Å². The van der Waals surface area contributed by atoms with E-state index in [4.69, 9.17) is 10.2 Å². The highest BCUT2D eigenvalue weighted by Crippen LogP contribution is 2.17. The minimum absolute atomic E-state index is 0.0621. The average molecular weight is 239 g/mol. The number of hydrogen-bond donors (Lipinski definition) is 3. The first-order valence-corrected chi connectivity index (χ1v) is 5.97. The molecule has 0 aliphatic heterocycles. The number of pyridine rings is 1. The van der Waals surface area contributed by atoms with Crippen LogP contribution >= 0.6 is 0 Å². The maximum atomic E-state index is 8.98. The summed E-state index contributed by atoms with van der Waals surface area (Å²) in [5.74, 6) is 0. The maximum Gasteiger partial charge on any atom is 0.0606 e. The van der Waals surface area contributed by atoms with Crippen molar-refractivity contribution in [3.63, 3.8) is 0 Å². The number of nitrogens with one attached hydrogen (secondary N) is 1. The van der Waals surface area contributed by atoms with Gasteiger partial charge in [-0.25, -0.2) is 0 Å². The van der Waals surface area contributed by atoms with Crippen molar-refractivity contribution in [2.45, 2.75) is 13.3 Å². The topological polar surface area (TPSA) is 68.6 Å². The van der Waals surface area contributed by atoms with Crippen molar-refractivity contribution < 1.29 is 10.2 Å².